The van der Waals surface area contributed by atoms with Crippen LogP contribution >= 0.6 is 0 Å². The van der Waals surface area contributed by atoms with E-state index in [1.807, 2.05) is 30.3 Å². The van der Waals surface area contributed by atoms with Gasteiger partial charge in [-0.25, -0.2) is 9.98 Å². The second-order valence-electron chi connectivity index (χ2n) is 12.2. The summed E-state index contributed by atoms with van der Waals surface area (Å²) in [7, 11) is 0. The second kappa shape index (κ2) is 12.3. The largest absolute Gasteiger partial charge is 0.456 e. The van der Waals surface area contributed by atoms with Crippen molar-refractivity contribution in [3.8, 4) is 33.4 Å². The molecular formula is C45H31N3O. The van der Waals surface area contributed by atoms with Crippen LogP contribution in [0.1, 0.15) is 22.9 Å². The van der Waals surface area contributed by atoms with E-state index >= 15 is 0 Å². The molecule has 0 spiro atoms. The second-order valence-corrected chi connectivity index (χ2v) is 12.2. The number of aliphatic imine (C=N–C) groups is 2. The van der Waals surface area contributed by atoms with Gasteiger partial charge in [0.15, 0.2) is 6.17 Å². The van der Waals surface area contributed by atoms with E-state index in [0.29, 0.717) is 0 Å². The van der Waals surface area contributed by atoms with Gasteiger partial charge in [-0.1, -0.05) is 158 Å². The van der Waals surface area contributed by atoms with Gasteiger partial charge in [-0.3, -0.25) is 0 Å². The van der Waals surface area contributed by atoms with Crippen LogP contribution in [0.4, 0.5) is 0 Å². The summed E-state index contributed by atoms with van der Waals surface area (Å²) >= 11 is 0. The Morgan fingerprint density at radius 3 is 1.55 bits per heavy atom. The van der Waals surface area contributed by atoms with Gasteiger partial charge in [0.05, 0.1) is 0 Å². The first-order valence-electron chi connectivity index (χ1n) is 16.5. The van der Waals surface area contributed by atoms with Gasteiger partial charge in [0.25, 0.3) is 0 Å². The zero-order valence-electron chi connectivity index (χ0n) is 26.6. The lowest BCUT2D eigenvalue weighted by atomic mass is 9.99. The molecule has 9 rings (SSSR count). The molecule has 49 heavy (non-hydrogen) atoms. The first kappa shape index (κ1) is 28.7. The highest BCUT2D eigenvalue weighted by Gasteiger charge is 2.24. The maximum absolute atomic E-state index is 6.40. The molecule has 0 fully saturated rings. The van der Waals surface area contributed by atoms with Crippen LogP contribution in [0.25, 0.3) is 55.3 Å². The fourth-order valence-electron chi connectivity index (χ4n) is 6.65. The Hall–Kier alpha value is -6.52. The molecule has 2 heterocycles. The number of amidine groups is 2. The average molecular weight is 630 g/mol. The Morgan fingerprint density at radius 1 is 0.408 bits per heavy atom. The molecule has 232 valence electrons. The highest BCUT2D eigenvalue weighted by molar-refractivity contribution is 6.23. The van der Waals surface area contributed by atoms with Crippen LogP contribution in [-0.2, 0) is 0 Å². The maximum atomic E-state index is 6.40. The van der Waals surface area contributed by atoms with E-state index < -0.39 is 6.17 Å². The van der Waals surface area contributed by atoms with E-state index in [4.69, 9.17) is 14.4 Å². The fourth-order valence-corrected chi connectivity index (χ4v) is 6.65. The van der Waals surface area contributed by atoms with Crippen LogP contribution in [0.15, 0.2) is 190 Å². The Morgan fingerprint density at radius 2 is 0.918 bits per heavy atom. The molecule has 1 aliphatic rings. The zero-order chi connectivity index (χ0) is 32.6. The van der Waals surface area contributed by atoms with Gasteiger partial charge in [-0.15, -0.1) is 0 Å². The normalized spacial score (nSPS) is 14.3. The number of rotatable bonds is 6. The minimum Gasteiger partial charge on any atom is -0.456 e. The Labute approximate surface area is 284 Å². The molecule has 7 aromatic carbocycles. The van der Waals surface area contributed by atoms with E-state index in [-0.39, 0.29) is 0 Å². The SMILES string of the molecule is c1ccc(-c2ccc(C3=NC(c4ccc(-c5ccccc5)cc4)N=C(c4cccc5oc6ccc(-c7ccccc7)cc6c45)N3)cc2)cc1. The number of furan rings is 1. The van der Waals surface area contributed by atoms with Crippen molar-refractivity contribution in [1.82, 2.24) is 5.32 Å². The summed E-state index contributed by atoms with van der Waals surface area (Å²) in [4.78, 5) is 10.4. The molecule has 4 heteroatoms. The highest BCUT2D eigenvalue weighted by Crippen LogP contribution is 2.36. The molecule has 1 aromatic heterocycles. The first-order valence-corrected chi connectivity index (χ1v) is 16.5. The summed E-state index contributed by atoms with van der Waals surface area (Å²) in [5.74, 6) is 1.53. The lowest BCUT2D eigenvalue weighted by Crippen LogP contribution is -2.36. The van der Waals surface area contributed by atoms with E-state index in [9.17, 15) is 0 Å². The quantitative estimate of drug-likeness (QED) is 0.199. The van der Waals surface area contributed by atoms with Crippen LogP contribution in [0.3, 0.4) is 0 Å². The smallest absolute Gasteiger partial charge is 0.169 e. The molecule has 0 bridgehead atoms. The van der Waals surface area contributed by atoms with Crippen molar-refractivity contribution < 1.29 is 4.42 Å². The van der Waals surface area contributed by atoms with Gasteiger partial charge < -0.3 is 9.73 Å². The van der Waals surface area contributed by atoms with E-state index in [0.717, 1.165) is 72.6 Å². The molecule has 0 aliphatic carbocycles. The van der Waals surface area contributed by atoms with Crippen LogP contribution in [-0.4, -0.2) is 11.7 Å². The van der Waals surface area contributed by atoms with Crippen molar-refractivity contribution in [2.45, 2.75) is 6.17 Å². The predicted molar refractivity (Wildman–Crippen MR) is 202 cm³/mol. The zero-order valence-corrected chi connectivity index (χ0v) is 26.6. The predicted octanol–water partition coefficient (Wildman–Crippen LogP) is 11.1. The number of hydrogen-bond donors (Lipinski definition) is 1. The minimum atomic E-state index is -0.432. The number of nitrogens with one attached hydrogen (secondary N) is 1. The van der Waals surface area contributed by atoms with Crippen molar-refractivity contribution in [2.24, 2.45) is 9.98 Å². The molecule has 8 aromatic rings. The van der Waals surface area contributed by atoms with Gasteiger partial charge in [-0.2, -0.15) is 0 Å². The van der Waals surface area contributed by atoms with E-state index in [1.165, 1.54) is 11.1 Å². The number of nitrogens with zero attached hydrogens (tertiary/aromatic N) is 2. The summed E-state index contributed by atoms with van der Waals surface area (Å²) in [5, 5.41) is 5.71. The van der Waals surface area contributed by atoms with Crippen LogP contribution in [0.2, 0.25) is 0 Å². The molecular weight excluding hydrogens is 599 g/mol. The summed E-state index contributed by atoms with van der Waals surface area (Å²) < 4.78 is 6.40. The molecule has 0 saturated carbocycles. The lowest BCUT2D eigenvalue weighted by molar-refractivity contribution is 0.669. The monoisotopic (exact) mass is 629 g/mol. The standard InChI is InChI=1S/C45H31N3O/c1-4-11-30(12-5-1)33-19-23-35(24-20-33)43-46-44(36-25-21-34(22-26-36)31-13-6-2-7-14-31)48-45(47-43)38-17-10-18-41-42(38)39-29-37(27-28-40(39)49-41)32-15-8-3-9-16-32/h1-29,43H,(H,46,47,48). The number of hydrogen-bond acceptors (Lipinski definition) is 4. The topological polar surface area (TPSA) is 49.9 Å². The molecule has 0 saturated heterocycles. The Kier molecular flexibility index (Phi) is 7.17. The molecule has 4 nitrogen and oxygen atoms in total. The fraction of sp³-hybridized carbons (Fsp3) is 0.0222. The van der Waals surface area contributed by atoms with Crippen molar-refractivity contribution in [1.29, 1.82) is 0 Å². The van der Waals surface area contributed by atoms with Gasteiger partial charge in [0, 0.05) is 21.9 Å². The highest BCUT2D eigenvalue weighted by atomic mass is 16.3. The third-order valence-corrected chi connectivity index (χ3v) is 9.18. The summed E-state index contributed by atoms with van der Waals surface area (Å²) in [5.41, 5.74) is 11.6. The van der Waals surface area contributed by atoms with Crippen molar-refractivity contribution >= 4 is 33.6 Å². The van der Waals surface area contributed by atoms with Gasteiger partial charge in [0.1, 0.15) is 22.8 Å². The molecule has 0 amide bonds. The average Bonchev–Trinajstić information content (AvgIpc) is 3.57. The van der Waals surface area contributed by atoms with Crippen molar-refractivity contribution in [3.63, 3.8) is 0 Å². The summed E-state index contributed by atoms with van der Waals surface area (Å²) in [6.45, 7) is 0. The lowest BCUT2D eigenvalue weighted by Gasteiger charge is -2.23. The number of benzene rings is 7. The molecule has 1 unspecified atom stereocenters. The minimum absolute atomic E-state index is 0.432. The van der Waals surface area contributed by atoms with Crippen molar-refractivity contribution in [3.05, 3.63) is 193 Å². The van der Waals surface area contributed by atoms with Gasteiger partial charge in [0.2, 0.25) is 0 Å². The van der Waals surface area contributed by atoms with Crippen LogP contribution < -0.4 is 5.32 Å². The van der Waals surface area contributed by atoms with E-state index in [2.05, 4.69) is 151 Å². The summed E-state index contributed by atoms with van der Waals surface area (Å²) in [6.07, 6.45) is -0.432. The Balaban J connectivity index is 1.16. The molecule has 0 radical (unpaired) electrons. The summed E-state index contributed by atoms with van der Waals surface area (Å²) in [6, 6.07) is 61.0. The number of fused-ring (bicyclic) bond motifs is 3. The maximum Gasteiger partial charge on any atom is 0.169 e. The molecule has 1 aliphatic heterocycles. The third-order valence-electron chi connectivity index (χ3n) is 9.18. The van der Waals surface area contributed by atoms with Gasteiger partial charge in [-0.05, 0) is 57.1 Å². The molecule has 1 N–H and O–H groups in total. The Bertz CT molecular complexity index is 2480. The van der Waals surface area contributed by atoms with Crippen LogP contribution in [0, 0.1) is 0 Å². The van der Waals surface area contributed by atoms with Gasteiger partial charge >= 0.3 is 0 Å². The first-order chi connectivity index (χ1) is 24.3. The van der Waals surface area contributed by atoms with Crippen LogP contribution in [0.5, 0.6) is 0 Å². The third kappa shape index (κ3) is 5.49. The molecule has 1 atom stereocenters. The van der Waals surface area contributed by atoms with E-state index in [1.54, 1.807) is 0 Å². The van der Waals surface area contributed by atoms with Crippen molar-refractivity contribution in [2.75, 3.05) is 0 Å².